The molecule has 1 aromatic heterocycles. The van der Waals surface area contributed by atoms with Gasteiger partial charge >= 0.3 is 0 Å². The highest BCUT2D eigenvalue weighted by atomic mass is 16.5. The van der Waals surface area contributed by atoms with Crippen LogP contribution in [-0.4, -0.2) is 41.3 Å². The van der Waals surface area contributed by atoms with Crippen LogP contribution in [0, 0.1) is 0 Å². The van der Waals surface area contributed by atoms with E-state index in [0.717, 1.165) is 18.1 Å². The summed E-state index contributed by atoms with van der Waals surface area (Å²) in [6.07, 6.45) is 3.13. The van der Waals surface area contributed by atoms with Gasteiger partial charge in [0.25, 0.3) is 5.91 Å². The Kier molecular flexibility index (Phi) is 4.39. The fraction of sp³-hybridized carbons (Fsp3) is 0.375. The van der Waals surface area contributed by atoms with Gasteiger partial charge in [-0.05, 0) is 12.1 Å². The number of amides is 1. The summed E-state index contributed by atoms with van der Waals surface area (Å²) in [6, 6.07) is 10.1. The van der Waals surface area contributed by atoms with Gasteiger partial charge in [-0.3, -0.25) is 4.79 Å². The zero-order chi connectivity index (χ0) is 15.4. The van der Waals surface area contributed by atoms with Crippen LogP contribution in [0.4, 0.5) is 5.69 Å². The van der Waals surface area contributed by atoms with Gasteiger partial charge in [0.1, 0.15) is 5.82 Å². The third-order valence-corrected chi connectivity index (χ3v) is 3.82. The van der Waals surface area contributed by atoms with Gasteiger partial charge in [0, 0.05) is 31.7 Å². The minimum absolute atomic E-state index is 0.0939. The number of rotatable bonds is 4. The molecule has 1 aromatic carbocycles. The average molecular weight is 300 g/mol. The van der Waals surface area contributed by atoms with Crippen molar-refractivity contribution < 1.29 is 9.53 Å². The fourth-order valence-electron chi connectivity index (χ4n) is 2.53. The van der Waals surface area contributed by atoms with Crippen LogP contribution < -0.4 is 10.2 Å². The van der Waals surface area contributed by atoms with Crippen molar-refractivity contribution in [2.24, 2.45) is 7.05 Å². The van der Waals surface area contributed by atoms with E-state index in [4.69, 9.17) is 4.74 Å². The summed E-state index contributed by atoms with van der Waals surface area (Å²) in [5, 5.41) is 2.89. The molecule has 6 nitrogen and oxygen atoms in total. The standard InChI is InChI=1S/C16H20N4O2/c1-19-8-7-17-15(19)11-18-16(21)14-12-20(9-10-22-14)13-5-3-2-4-6-13/h2-8,14H,9-12H2,1H3,(H,18,21). The first-order valence-corrected chi connectivity index (χ1v) is 7.39. The second kappa shape index (κ2) is 6.62. The van der Waals surface area contributed by atoms with E-state index < -0.39 is 6.10 Å². The summed E-state index contributed by atoms with van der Waals surface area (Å²) in [7, 11) is 1.91. The second-order valence-electron chi connectivity index (χ2n) is 5.31. The fourth-order valence-corrected chi connectivity index (χ4v) is 2.53. The maximum absolute atomic E-state index is 12.3. The Morgan fingerprint density at radius 1 is 1.41 bits per heavy atom. The molecule has 2 heterocycles. The number of para-hydroxylation sites is 1. The topological polar surface area (TPSA) is 59.4 Å². The molecule has 1 fully saturated rings. The number of hydrogen-bond acceptors (Lipinski definition) is 4. The second-order valence-corrected chi connectivity index (χ2v) is 5.31. The van der Waals surface area contributed by atoms with Crippen LogP contribution in [-0.2, 0) is 23.1 Å². The Bertz CT molecular complexity index is 626. The van der Waals surface area contributed by atoms with Gasteiger partial charge in [-0.15, -0.1) is 0 Å². The molecule has 0 spiro atoms. The highest BCUT2D eigenvalue weighted by Crippen LogP contribution is 2.17. The number of imidazole rings is 1. The Morgan fingerprint density at radius 2 is 2.23 bits per heavy atom. The van der Waals surface area contributed by atoms with Crippen LogP contribution in [0.5, 0.6) is 0 Å². The smallest absolute Gasteiger partial charge is 0.251 e. The minimum Gasteiger partial charge on any atom is -0.366 e. The van der Waals surface area contributed by atoms with Crippen LogP contribution in [0.1, 0.15) is 5.82 Å². The van der Waals surface area contributed by atoms with Crippen molar-refractivity contribution in [2.45, 2.75) is 12.6 Å². The molecule has 0 radical (unpaired) electrons. The number of carbonyl (C=O) groups excluding carboxylic acids is 1. The van der Waals surface area contributed by atoms with Gasteiger partial charge in [0.15, 0.2) is 6.10 Å². The molecule has 1 amide bonds. The molecule has 1 atom stereocenters. The summed E-state index contributed by atoms with van der Waals surface area (Å²) in [4.78, 5) is 18.6. The maximum atomic E-state index is 12.3. The van der Waals surface area contributed by atoms with Gasteiger partial charge in [-0.2, -0.15) is 0 Å². The number of carbonyl (C=O) groups is 1. The Hall–Kier alpha value is -2.34. The lowest BCUT2D eigenvalue weighted by molar-refractivity contribution is -0.133. The number of nitrogens with zero attached hydrogens (tertiary/aromatic N) is 3. The van der Waals surface area contributed by atoms with E-state index in [1.54, 1.807) is 6.20 Å². The predicted octanol–water partition coefficient (Wildman–Crippen LogP) is 0.942. The predicted molar refractivity (Wildman–Crippen MR) is 83.4 cm³/mol. The third kappa shape index (κ3) is 3.28. The van der Waals surface area contributed by atoms with E-state index in [2.05, 4.69) is 15.2 Å². The molecule has 0 bridgehead atoms. The number of ether oxygens (including phenoxy) is 1. The highest BCUT2D eigenvalue weighted by molar-refractivity contribution is 5.81. The van der Waals surface area contributed by atoms with Gasteiger partial charge in [0.2, 0.25) is 0 Å². The molecule has 1 saturated heterocycles. The lowest BCUT2D eigenvalue weighted by Gasteiger charge is -2.33. The molecule has 2 aromatic rings. The lowest BCUT2D eigenvalue weighted by atomic mass is 10.2. The summed E-state index contributed by atoms with van der Waals surface area (Å²) < 4.78 is 7.50. The van der Waals surface area contributed by atoms with Crippen molar-refractivity contribution in [2.75, 3.05) is 24.6 Å². The highest BCUT2D eigenvalue weighted by Gasteiger charge is 2.26. The number of benzene rings is 1. The van der Waals surface area contributed by atoms with Crippen molar-refractivity contribution in [3.8, 4) is 0 Å². The summed E-state index contributed by atoms with van der Waals surface area (Å²) in [5.41, 5.74) is 1.12. The first kappa shape index (κ1) is 14.6. The first-order chi connectivity index (χ1) is 10.7. The normalized spacial score (nSPS) is 18.2. The van der Waals surface area contributed by atoms with Crippen LogP contribution in [0.15, 0.2) is 42.7 Å². The van der Waals surface area contributed by atoms with Crippen molar-refractivity contribution >= 4 is 11.6 Å². The van der Waals surface area contributed by atoms with E-state index in [-0.39, 0.29) is 5.91 Å². The number of anilines is 1. The van der Waals surface area contributed by atoms with E-state index >= 15 is 0 Å². The van der Waals surface area contributed by atoms with Gasteiger partial charge < -0.3 is 19.5 Å². The quantitative estimate of drug-likeness (QED) is 0.913. The maximum Gasteiger partial charge on any atom is 0.251 e. The molecule has 0 saturated carbocycles. The van der Waals surface area contributed by atoms with E-state index in [1.807, 2.05) is 48.1 Å². The number of aryl methyl sites for hydroxylation is 1. The molecule has 1 aliphatic rings. The molecule has 3 rings (SSSR count). The lowest BCUT2D eigenvalue weighted by Crippen LogP contribution is -2.49. The molecule has 0 aliphatic carbocycles. The Labute approximate surface area is 129 Å². The van der Waals surface area contributed by atoms with Crippen molar-refractivity contribution in [1.82, 2.24) is 14.9 Å². The molecule has 116 valence electrons. The molecule has 1 unspecified atom stereocenters. The van der Waals surface area contributed by atoms with E-state index in [0.29, 0.717) is 19.7 Å². The van der Waals surface area contributed by atoms with Crippen LogP contribution in [0.3, 0.4) is 0 Å². The van der Waals surface area contributed by atoms with Crippen LogP contribution >= 0.6 is 0 Å². The van der Waals surface area contributed by atoms with Gasteiger partial charge in [-0.25, -0.2) is 4.98 Å². The summed E-state index contributed by atoms with van der Waals surface area (Å²) in [6.45, 7) is 2.33. The molecular formula is C16H20N4O2. The molecular weight excluding hydrogens is 280 g/mol. The van der Waals surface area contributed by atoms with Gasteiger partial charge in [0.05, 0.1) is 19.7 Å². The summed E-state index contributed by atoms with van der Waals surface area (Å²) >= 11 is 0. The molecule has 1 aliphatic heterocycles. The third-order valence-electron chi connectivity index (χ3n) is 3.82. The SMILES string of the molecule is Cn1ccnc1CNC(=O)C1CN(c2ccccc2)CCO1. The Balaban J connectivity index is 1.57. The number of morpholine rings is 1. The van der Waals surface area contributed by atoms with E-state index in [9.17, 15) is 4.79 Å². The van der Waals surface area contributed by atoms with Gasteiger partial charge in [-0.1, -0.05) is 18.2 Å². The van der Waals surface area contributed by atoms with Crippen molar-refractivity contribution in [3.05, 3.63) is 48.5 Å². The minimum atomic E-state index is -0.450. The molecule has 1 N–H and O–H groups in total. The van der Waals surface area contributed by atoms with Crippen LogP contribution in [0.2, 0.25) is 0 Å². The number of aromatic nitrogens is 2. The summed E-state index contributed by atoms with van der Waals surface area (Å²) in [5.74, 6) is 0.729. The van der Waals surface area contributed by atoms with Crippen molar-refractivity contribution in [3.63, 3.8) is 0 Å². The molecule has 22 heavy (non-hydrogen) atoms. The zero-order valence-electron chi connectivity index (χ0n) is 12.6. The largest absolute Gasteiger partial charge is 0.366 e. The molecule has 6 heteroatoms. The zero-order valence-corrected chi connectivity index (χ0v) is 12.6. The number of nitrogens with one attached hydrogen (secondary N) is 1. The average Bonchev–Trinajstić information content (AvgIpc) is 2.99. The van der Waals surface area contributed by atoms with Crippen LogP contribution in [0.25, 0.3) is 0 Å². The van der Waals surface area contributed by atoms with Crippen molar-refractivity contribution in [1.29, 1.82) is 0 Å². The monoisotopic (exact) mass is 300 g/mol. The first-order valence-electron chi connectivity index (χ1n) is 7.39. The van der Waals surface area contributed by atoms with E-state index in [1.165, 1.54) is 0 Å². The number of hydrogen-bond donors (Lipinski definition) is 1. The Morgan fingerprint density at radius 3 is 2.95 bits per heavy atom.